The van der Waals surface area contributed by atoms with E-state index in [4.69, 9.17) is 11.1 Å². The van der Waals surface area contributed by atoms with E-state index < -0.39 is 0 Å². The monoisotopic (exact) mass is 309 g/mol. The molecule has 0 bridgehead atoms. The molecule has 98 valence electrons. The Morgan fingerprint density at radius 2 is 2.22 bits per heavy atom. The SMILES string of the molecule is CCCN(CC1CC1)c1ccc(C(=N)N)c(Br)c1. The van der Waals surface area contributed by atoms with Crippen LogP contribution in [0.3, 0.4) is 0 Å². The van der Waals surface area contributed by atoms with Crippen molar-refractivity contribution >= 4 is 27.5 Å². The van der Waals surface area contributed by atoms with Gasteiger partial charge in [0, 0.05) is 28.8 Å². The average Bonchev–Trinajstić information content (AvgIpc) is 3.11. The van der Waals surface area contributed by atoms with Crippen LogP contribution < -0.4 is 10.6 Å². The highest BCUT2D eigenvalue weighted by molar-refractivity contribution is 9.10. The van der Waals surface area contributed by atoms with Gasteiger partial charge in [0.25, 0.3) is 0 Å². The lowest BCUT2D eigenvalue weighted by Gasteiger charge is -2.25. The summed E-state index contributed by atoms with van der Waals surface area (Å²) in [6.45, 7) is 4.45. The van der Waals surface area contributed by atoms with Crippen LogP contribution in [0.2, 0.25) is 0 Å². The fourth-order valence-electron chi connectivity index (χ4n) is 2.13. The Hall–Kier alpha value is -1.03. The Morgan fingerprint density at radius 1 is 1.50 bits per heavy atom. The molecular weight excluding hydrogens is 290 g/mol. The zero-order valence-electron chi connectivity index (χ0n) is 10.7. The van der Waals surface area contributed by atoms with E-state index in [9.17, 15) is 0 Å². The quantitative estimate of drug-likeness (QED) is 0.625. The lowest BCUT2D eigenvalue weighted by molar-refractivity contribution is 0.708. The molecule has 3 nitrogen and oxygen atoms in total. The first-order valence-electron chi connectivity index (χ1n) is 6.50. The van der Waals surface area contributed by atoms with Gasteiger partial charge >= 0.3 is 0 Å². The molecule has 1 saturated carbocycles. The van der Waals surface area contributed by atoms with Crippen molar-refractivity contribution in [1.29, 1.82) is 5.41 Å². The van der Waals surface area contributed by atoms with Crippen molar-refractivity contribution in [2.75, 3.05) is 18.0 Å². The Bertz CT molecular complexity index is 441. The smallest absolute Gasteiger partial charge is 0.123 e. The molecule has 2 rings (SSSR count). The highest BCUT2D eigenvalue weighted by Gasteiger charge is 2.24. The maximum Gasteiger partial charge on any atom is 0.123 e. The molecule has 1 fully saturated rings. The van der Waals surface area contributed by atoms with E-state index in [1.165, 1.54) is 18.5 Å². The van der Waals surface area contributed by atoms with Crippen molar-refractivity contribution in [2.45, 2.75) is 26.2 Å². The van der Waals surface area contributed by atoms with Crippen molar-refractivity contribution in [3.8, 4) is 0 Å². The third-order valence-corrected chi connectivity index (χ3v) is 3.93. The minimum absolute atomic E-state index is 0.109. The highest BCUT2D eigenvalue weighted by atomic mass is 79.9. The largest absolute Gasteiger partial charge is 0.384 e. The van der Waals surface area contributed by atoms with Crippen molar-refractivity contribution in [3.05, 3.63) is 28.2 Å². The van der Waals surface area contributed by atoms with E-state index in [0.717, 1.165) is 35.5 Å². The van der Waals surface area contributed by atoms with Gasteiger partial charge in [-0.25, -0.2) is 0 Å². The van der Waals surface area contributed by atoms with Crippen molar-refractivity contribution in [1.82, 2.24) is 0 Å². The number of rotatable bonds is 6. The molecule has 3 N–H and O–H groups in total. The maximum absolute atomic E-state index is 7.49. The number of nitrogens with one attached hydrogen (secondary N) is 1. The number of nitrogen functional groups attached to an aromatic ring is 1. The van der Waals surface area contributed by atoms with Crippen molar-refractivity contribution in [3.63, 3.8) is 0 Å². The minimum Gasteiger partial charge on any atom is -0.384 e. The zero-order chi connectivity index (χ0) is 13.1. The van der Waals surface area contributed by atoms with Crippen LogP contribution in [-0.2, 0) is 0 Å². The van der Waals surface area contributed by atoms with Gasteiger partial charge in [-0.3, -0.25) is 5.41 Å². The van der Waals surface area contributed by atoms with Gasteiger partial charge in [-0.15, -0.1) is 0 Å². The molecule has 0 atom stereocenters. The second-order valence-electron chi connectivity index (χ2n) is 4.97. The summed E-state index contributed by atoms with van der Waals surface area (Å²) in [6.07, 6.45) is 3.89. The lowest BCUT2D eigenvalue weighted by atomic mass is 10.1. The van der Waals surface area contributed by atoms with Crippen LogP contribution in [-0.4, -0.2) is 18.9 Å². The molecule has 0 unspecified atom stereocenters. The molecule has 1 aliphatic rings. The molecule has 1 aromatic carbocycles. The van der Waals surface area contributed by atoms with Gasteiger partial charge in [-0.2, -0.15) is 0 Å². The van der Waals surface area contributed by atoms with Crippen LogP contribution in [0.1, 0.15) is 31.7 Å². The highest BCUT2D eigenvalue weighted by Crippen LogP contribution is 2.32. The van der Waals surface area contributed by atoms with Gasteiger partial charge in [0.1, 0.15) is 5.84 Å². The molecule has 0 amide bonds. The minimum atomic E-state index is 0.109. The van der Waals surface area contributed by atoms with Crippen LogP contribution >= 0.6 is 15.9 Å². The molecule has 1 aromatic rings. The summed E-state index contributed by atoms with van der Waals surface area (Å²) in [5.74, 6) is 0.987. The van der Waals surface area contributed by atoms with Gasteiger partial charge in [-0.1, -0.05) is 6.92 Å². The molecule has 1 aliphatic carbocycles. The van der Waals surface area contributed by atoms with Gasteiger partial charge in [-0.05, 0) is 59.3 Å². The first-order chi connectivity index (χ1) is 8.61. The normalized spacial score (nSPS) is 14.6. The van der Waals surface area contributed by atoms with Gasteiger partial charge < -0.3 is 10.6 Å². The Balaban J connectivity index is 2.18. The number of benzene rings is 1. The maximum atomic E-state index is 7.49. The zero-order valence-corrected chi connectivity index (χ0v) is 12.3. The number of amidine groups is 1. The van der Waals surface area contributed by atoms with Gasteiger partial charge in [0.05, 0.1) is 0 Å². The molecule has 0 saturated heterocycles. The third-order valence-electron chi connectivity index (χ3n) is 3.28. The third kappa shape index (κ3) is 3.25. The van der Waals surface area contributed by atoms with E-state index in [2.05, 4.69) is 39.9 Å². The summed E-state index contributed by atoms with van der Waals surface area (Å²) in [5.41, 5.74) is 7.52. The van der Waals surface area contributed by atoms with Crippen LogP contribution in [0.15, 0.2) is 22.7 Å². The van der Waals surface area contributed by atoms with Crippen LogP contribution in [0.4, 0.5) is 5.69 Å². The number of hydrogen-bond acceptors (Lipinski definition) is 2. The molecular formula is C14H20BrN3. The lowest BCUT2D eigenvalue weighted by Crippen LogP contribution is -2.26. The molecule has 0 spiro atoms. The summed E-state index contributed by atoms with van der Waals surface area (Å²) in [7, 11) is 0. The standard InChI is InChI=1S/C14H20BrN3/c1-2-7-18(9-10-3-4-10)11-5-6-12(14(16)17)13(15)8-11/h5-6,8,10H,2-4,7,9H2,1H3,(H3,16,17). The van der Waals surface area contributed by atoms with E-state index in [0.29, 0.717) is 0 Å². The van der Waals surface area contributed by atoms with Crippen LogP contribution in [0, 0.1) is 11.3 Å². The molecule has 0 aliphatic heterocycles. The summed E-state index contributed by atoms with van der Waals surface area (Å²) in [5, 5.41) is 7.49. The summed E-state index contributed by atoms with van der Waals surface area (Å²) < 4.78 is 0.907. The molecule has 0 radical (unpaired) electrons. The Morgan fingerprint density at radius 3 is 2.72 bits per heavy atom. The fourth-order valence-corrected chi connectivity index (χ4v) is 2.71. The second kappa shape index (κ2) is 5.74. The van der Waals surface area contributed by atoms with E-state index in [1.54, 1.807) is 0 Å². The van der Waals surface area contributed by atoms with Gasteiger partial charge in [0.2, 0.25) is 0 Å². The van der Waals surface area contributed by atoms with Gasteiger partial charge in [0.15, 0.2) is 0 Å². The number of halogens is 1. The topological polar surface area (TPSA) is 53.1 Å². The summed E-state index contributed by atoms with van der Waals surface area (Å²) in [6, 6.07) is 6.08. The Labute approximate surface area is 117 Å². The number of nitrogens with two attached hydrogens (primary N) is 1. The van der Waals surface area contributed by atoms with Crippen molar-refractivity contribution in [2.24, 2.45) is 11.7 Å². The van der Waals surface area contributed by atoms with Crippen molar-refractivity contribution < 1.29 is 0 Å². The Kier molecular flexibility index (Phi) is 4.27. The molecule has 4 heteroatoms. The number of nitrogens with zero attached hydrogens (tertiary/aromatic N) is 1. The molecule has 18 heavy (non-hydrogen) atoms. The van der Waals surface area contributed by atoms with Crippen LogP contribution in [0.25, 0.3) is 0 Å². The van der Waals surface area contributed by atoms with E-state index in [-0.39, 0.29) is 5.84 Å². The number of hydrogen-bond donors (Lipinski definition) is 2. The van der Waals surface area contributed by atoms with E-state index >= 15 is 0 Å². The predicted octanol–water partition coefficient (Wildman–Crippen LogP) is 3.36. The molecule has 0 heterocycles. The number of anilines is 1. The second-order valence-corrected chi connectivity index (χ2v) is 5.82. The average molecular weight is 310 g/mol. The summed E-state index contributed by atoms with van der Waals surface area (Å²) >= 11 is 3.50. The van der Waals surface area contributed by atoms with E-state index in [1.807, 2.05) is 6.07 Å². The predicted molar refractivity (Wildman–Crippen MR) is 80.4 cm³/mol. The van der Waals surface area contributed by atoms with Crippen LogP contribution in [0.5, 0.6) is 0 Å². The summed E-state index contributed by atoms with van der Waals surface area (Å²) in [4.78, 5) is 2.44. The molecule has 0 aromatic heterocycles. The first kappa shape index (κ1) is 13.4. The first-order valence-corrected chi connectivity index (χ1v) is 7.30. The fraction of sp³-hybridized carbons (Fsp3) is 0.500.